The number of nitrogens with zero attached hydrogens (tertiary/aromatic N) is 1. The number of rotatable bonds is 3. The molecule has 6 heteroatoms. The lowest BCUT2D eigenvalue weighted by Gasteiger charge is -2.03. The smallest absolute Gasteiger partial charge is 0.433 e. The highest BCUT2D eigenvalue weighted by Gasteiger charge is 2.19. The molecule has 0 aliphatic carbocycles. The van der Waals surface area contributed by atoms with Gasteiger partial charge in [-0.3, -0.25) is 10.1 Å². The summed E-state index contributed by atoms with van der Waals surface area (Å²) in [5, 5.41) is 10.4. The minimum absolute atomic E-state index is 0.302. The second kappa shape index (κ2) is 3.58. The van der Waals surface area contributed by atoms with Gasteiger partial charge in [-0.1, -0.05) is 0 Å². The van der Waals surface area contributed by atoms with Gasteiger partial charge >= 0.3 is 5.88 Å². The van der Waals surface area contributed by atoms with Crippen molar-refractivity contribution in [2.24, 2.45) is 5.73 Å². The summed E-state index contributed by atoms with van der Waals surface area (Å²) >= 11 is 0. The van der Waals surface area contributed by atoms with E-state index in [9.17, 15) is 10.1 Å². The van der Waals surface area contributed by atoms with E-state index < -0.39 is 11.0 Å². The third-order valence-corrected chi connectivity index (χ3v) is 1.95. The van der Waals surface area contributed by atoms with Crippen LogP contribution in [-0.4, -0.2) is 4.92 Å². The van der Waals surface area contributed by atoms with Crippen molar-refractivity contribution in [1.82, 2.24) is 0 Å². The van der Waals surface area contributed by atoms with Crippen LogP contribution in [0.4, 0.5) is 5.88 Å². The van der Waals surface area contributed by atoms with Crippen molar-refractivity contribution < 1.29 is 13.8 Å². The van der Waals surface area contributed by atoms with E-state index in [1.165, 1.54) is 18.4 Å². The van der Waals surface area contributed by atoms with Crippen molar-refractivity contribution in [1.29, 1.82) is 0 Å². The van der Waals surface area contributed by atoms with Crippen LogP contribution in [0.2, 0.25) is 0 Å². The van der Waals surface area contributed by atoms with Crippen molar-refractivity contribution in [2.45, 2.75) is 6.04 Å². The molecule has 0 aliphatic heterocycles. The molecule has 1 unspecified atom stereocenters. The highest BCUT2D eigenvalue weighted by molar-refractivity contribution is 5.24. The van der Waals surface area contributed by atoms with E-state index in [0.29, 0.717) is 11.5 Å². The highest BCUT2D eigenvalue weighted by Crippen LogP contribution is 2.24. The zero-order valence-corrected chi connectivity index (χ0v) is 7.62. The molecule has 2 heterocycles. The third-order valence-electron chi connectivity index (χ3n) is 1.95. The molecule has 0 amide bonds. The Labute approximate surface area is 84.4 Å². The molecular formula is C9H8N2O4. The number of hydrogen-bond donors (Lipinski definition) is 1. The molecule has 15 heavy (non-hydrogen) atoms. The van der Waals surface area contributed by atoms with Crippen LogP contribution in [0.25, 0.3) is 0 Å². The Kier molecular flexibility index (Phi) is 2.26. The molecule has 0 spiro atoms. The van der Waals surface area contributed by atoms with Crippen molar-refractivity contribution >= 4 is 5.88 Å². The molecule has 2 aromatic rings. The van der Waals surface area contributed by atoms with Crippen LogP contribution in [0, 0.1) is 10.1 Å². The third kappa shape index (κ3) is 1.75. The zero-order chi connectivity index (χ0) is 10.8. The number of nitro groups is 1. The second-order valence-electron chi connectivity index (χ2n) is 2.93. The number of hydrogen-bond acceptors (Lipinski definition) is 5. The van der Waals surface area contributed by atoms with Gasteiger partial charge in [0.05, 0.1) is 12.3 Å². The van der Waals surface area contributed by atoms with Gasteiger partial charge in [0.1, 0.15) is 22.5 Å². The van der Waals surface area contributed by atoms with Gasteiger partial charge in [0.2, 0.25) is 0 Å². The van der Waals surface area contributed by atoms with Crippen LogP contribution >= 0.6 is 0 Å². The summed E-state index contributed by atoms with van der Waals surface area (Å²) in [4.78, 5) is 9.76. The molecule has 0 saturated heterocycles. The Morgan fingerprint density at radius 3 is 2.67 bits per heavy atom. The largest absolute Gasteiger partial charge is 0.467 e. The van der Waals surface area contributed by atoms with Crippen LogP contribution in [0.5, 0.6) is 0 Å². The Morgan fingerprint density at radius 2 is 2.13 bits per heavy atom. The van der Waals surface area contributed by atoms with Crippen LogP contribution in [0.1, 0.15) is 17.6 Å². The highest BCUT2D eigenvalue weighted by atomic mass is 16.6. The molecule has 0 fully saturated rings. The maximum atomic E-state index is 10.4. The van der Waals surface area contributed by atoms with Crippen molar-refractivity contribution in [3.63, 3.8) is 0 Å². The van der Waals surface area contributed by atoms with Gasteiger partial charge in [-0.25, -0.2) is 0 Å². The predicted molar refractivity (Wildman–Crippen MR) is 50.1 cm³/mol. The molecule has 0 aromatic carbocycles. The molecule has 78 valence electrons. The summed E-state index contributed by atoms with van der Waals surface area (Å²) in [5.74, 6) is 0.475. The number of furan rings is 2. The van der Waals surface area contributed by atoms with Gasteiger partial charge in [-0.05, 0) is 18.2 Å². The molecule has 6 nitrogen and oxygen atoms in total. The summed E-state index contributed by atoms with van der Waals surface area (Å²) in [6, 6.07) is 5.48. The molecule has 0 aliphatic rings. The molecule has 0 bridgehead atoms. The van der Waals surface area contributed by atoms with E-state index in [2.05, 4.69) is 0 Å². The Balaban J connectivity index is 2.26. The minimum Gasteiger partial charge on any atom is -0.467 e. The van der Waals surface area contributed by atoms with Gasteiger partial charge in [-0.2, -0.15) is 0 Å². The minimum atomic E-state index is -0.617. The maximum absolute atomic E-state index is 10.4. The fourth-order valence-electron chi connectivity index (χ4n) is 1.22. The summed E-state index contributed by atoms with van der Waals surface area (Å²) in [7, 11) is 0. The quantitative estimate of drug-likeness (QED) is 0.613. The average Bonchev–Trinajstić information content (AvgIpc) is 2.88. The molecule has 2 N–H and O–H groups in total. The maximum Gasteiger partial charge on any atom is 0.433 e. The molecule has 2 rings (SSSR count). The average molecular weight is 208 g/mol. The molecule has 0 saturated carbocycles. The van der Waals surface area contributed by atoms with Gasteiger partial charge < -0.3 is 14.6 Å². The van der Waals surface area contributed by atoms with E-state index in [-0.39, 0.29) is 5.88 Å². The number of nitrogens with two attached hydrogens (primary N) is 1. The van der Waals surface area contributed by atoms with E-state index in [1.807, 2.05) is 0 Å². The lowest BCUT2D eigenvalue weighted by atomic mass is 10.2. The lowest BCUT2D eigenvalue weighted by Crippen LogP contribution is -2.09. The molecule has 2 aromatic heterocycles. The van der Waals surface area contributed by atoms with E-state index in [1.54, 1.807) is 12.1 Å². The van der Waals surface area contributed by atoms with Gasteiger partial charge in [0.15, 0.2) is 0 Å². The van der Waals surface area contributed by atoms with Crippen molar-refractivity contribution in [2.75, 3.05) is 0 Å². The summed E-state index contributed by atoms with van der Waals surface area (Å²) in [5.41, 5.74) is 5.76. The second-order valence-corrected chi connectivity index (χ2v) is 2.93. The van der Waals surface area contributed by atoms with E-state index in [4.69, 9.17) is 14.6 Å². The Bertz CT molecular complexity index is 460. The first-order chi connectivity index (χ1) is 7.18. The Hall–Kier alpha value is -2.08. The SMILES string of the molecule is NC(c1ccco1)c1ccc([N+](=O)[O-])o1. The van der Waals surface area contributed by atoms with Crippen LogP contribution < -0.4 is 5.73 Å². The van der Waals surface area contributed by atoms with Crippen molar-refractivity contribution in [3.05, 3.63) is 52.2 Å². The fourth-order valence-corrected chi connectivity index (χ4v) is 1.22. The predicted octanol–water partition coefficient (Wildman–Crippen LogP) is 1.83. The van der Waals surface area contributed by atoms with Crippen LogP contribution in [-0.2, 0) is 0 Å². The van der Waals surface area contributed by atoms with Gasteiger partial charge in [0, 0.05) is 0 Å². The standard InChI is InChI=1S/C9H8N2O4/c10-9(6-2-1-5-14-6)7-3-4-8(15-7)11(12)13/h1-5,9H,10H2. The topological polar surface area (TPSA) is 95.4 Å². The van der Waals surface area contributed by atoms with E-state index >= 15 is 0 Å². The van der Waals surface area contributed by atoms with Crippen LogP contribution in [0.15, 0.2) is 39.4 Å². The summed E-state index contributed by atoms with van der Waals surface area (Å²) < 4.78 is 10.0. The van der Waals surface area contributed by atoms with Crippen molar-refractivity contribution in [3.8, 4) is 0 Å². The fraction of sp³-hybridized carbons (Fsp3) is 0.111. The zero-order valence-electron chi connectivity index (χ0n) is 7.62. The van der Waals surface area contributed by atoms with Gasteiger partial charge in [-0.15, -0.1) is 0 Å². The first kappa shape index (κ1) is 9.47. The first-order valence-corrected chi connectivity index (χ1v) is 4.21. The first-order valence-electron chi connectivity index (χ1n) is 4.21. The normalized spacial score (nSPS) is 12.6. The summed E-state index contributed by atoms with van der Waals surface area (Å²) in [6.07, 6.45) is 1.48. The molecular weight excluding hydrogens is 200 g/mol. The van der Waals surface area contributed by atoms with Gasteiger partial charge in [0.25, 0.3) is 0 Å². The molecule has 1 atom stereocenters. The lowest BCUT2D eigenvalue weighted by molar-refractivity contribution is -0.402. The Morgan fingerprint density at radius 1 is 1.33 bits per heavy atom. The van der Waals surface area contributed by atoms with Crippen LogP contribution in [0.3, 0.4) is 0 Å². The molecule has 0 radical (unpaired) electrons. The summed E-state index contributed by atoms with van der Waals surface area (Å²) in [6.45, 7) is 0. The monoisotopic (exact) mass is 208 g/mol. The van der Waals surface area contributed by atoms with E-state index in [0.717, 1.165) is 0 Å².